The first-order valence-electron chi connectivity index (χ1n) is 6.98. The largest absolute Gasteiger partial charge is 0.462 e. The Labute approximate surface area is 132 Å². The van der Waals surface area contributed by atoms with Gasteiger partial charge in [0.15, 0.2) is 5.76 Å². The van der Waals surface area contributed by atoms with E-state index in [1.807, 2.05) is 6.92 Å². The minimum absolute atomic E-state index is 0.172. The maximum atomic E-state index is 12.3. The van der Waals surface area contributed by atoms with E-state index in [2.05, 4.69) is 0 Å². The number of Topliss-reactive ketones (excluding diaryl/α,β-unsaturated/α-hetero) is 1. The Hall–Kier alpha value is -3.02. The second-order valence-corrected chi connectivity index (χ2v) is 5.31. The summed E-state index contributed by atoms with van der Waals surface area (Å²) in [6, 6.07) is 8.21. The van der Waals surface area contributed by atoms with Crippen molar-refractivity contribution >= 4 is 18.0 Å². The van der Waals surface area contributed by atoms with E-state index in [4.69, 9.17) is 13.9 Å². The molecule has 0 unspecified atom stereocenters. The second-order valence-electron chi connectivity index (χ2n) is 5.31. The number of fused-ring (bicyclic) bond motifs is 1. The van der Waals surface area contributed by atoms with Crippen LogP contribution in [-0.2, 0) is 0 Å². The van der Waals surface area contributed by atoms with Gasteiger partial charge >= 0.3 is 6.09 Å². The highest BCUT2D eigenvalue weighted by Gasteiger charge is 2.28. The fraction of sp³-hybridized carbons (Fsp3) is 0.176. The molecule has 3 rings (SSSR count). The van der Waals surface area contributed by atoms with Gasteiger partial charge in [-0.1, -0.05) is 0 Å². The Morgan fingerprint density at radius 2 is 2.00 bits per heavy atom. The van der Waals surface area contributed by atoms with Gasteiger partial charge in [0.05, 0.1) is 5.56 Å². The monoisotopic (exact) mass is 313 g/mol. The Morgan fingerprint density at radius 1 is 1.22 bits per heavy atom. The van der Waals surface area contributed by atoms with E-state index in [0.29, 0.717) is 22.8 Å². The van der Waals surface area contributed by atoms with Crippen molar-refractivity contribution in [2.75, 3.05) is 14.1 Å². The predicted octanol–water partition coefficient (Wildman–Crippen LogP) is 3.26. The van der Waals surface area contributed by atoms with Gasteiger partial charge in [0.1, 0.15) is 23.0 Å². The Kier molecular flexibility index (Phi) is 3.65. The average molecular weight is 313 g/mol. The predicted molar refractivity (Wildman–Crippen MR) is 82.5 cm³/mol. The van der Waals surface area contributed by atoms with Crippen molar-refractivity contribution in [1.29, 1.82) is 0 Å². The molecule has 0 radical (unpaired) electrons. The number of ether oxygens (including phenoxy) is 2. The highest BCUT2D eigenvalue weighted by atomic mass is 16.6. The molecule has 0 spiro atoms. The van der Waals surface area contributed by atoms with E-state index in [1.54, 1.807) is 44.4 Å². The summed E-state index contributed by atoms with van der Waals surface area (Å²) in [4.78, 5) is 25.2. The van der Waals surface area contributed by atoms with Crippen molar-refractivity contribution in [3.63, 3.8) is 0 Å². The number of rotatable bonds is 2. The fourth-order valence-electron chi connectivity index (χ4n) is 2.08. The Bertz CT molecular complexity index is 816. The van der Waals surface area contributed by atoms with E-state index in [0.717, 1.165) is 5.76 Å². The van der Waals surface area contributed by atoms with Gasteiger partial charge in [0, 0.05) is 26.2 Å². The molecule has 0 fully saturated rings. The van der Waals surface area contributed by atoms with Crippen LogP contribution in [0.5, 0.6) is 11.5 Å². The summed E-state index contributed by atoms with van der Waals surface area (Å²) in [5.41, 5.74) is 0.421. The van der Waals surface area contributed by atoms with Crippen LogP contribution >= 0.6 is 0 Å². The maximum Gasteiger partial charge on any atom is 0.414 e. The third-order valence-corrected chi connectivity index (χ3v) is 3.25. The fourth-order valence-corrected chi connectivity index (χ4v) is 2.08. The first-order valence-corrected chi connectivity index (χ1v) is 6.98. The SMILES string of the molecule is Cc1ccc(/C=C2/Oc3cc(OC(=O)N(C)C)ccc3C2=O)o1. The summed E-state index contributed by atoms with van der Waals surface area (Å²) >= 11 is 0. The van der Waals surface area contributed by atoms with Gasteiger partial charge in [-0.15, -0.1) is 0 Å². The number of furan rings is 1. The molecule has 118 valence electrons. The zero-order valence-electron chi connectivity index (χ0n) is 13.0. The van der Waals surface area contributed by atoms with E-state index >= 15 is 0 Å². The van der Waals surface area contributed by atoms with Gasteiger partial charge < -0.3 is 18.8 Å². The molecule has 0 saturated carbocycles. The number of ketones is 1. The standard InChI is InChI=1S/C17H15NO5/c1-10-4-5-11(21-10)9-15-16(19)13-7-6-12(8-14(13)23-15)22-17(20)18(2)3/h4-9H,1-3H3/b15-9+. The first kappa shape index (κ1) is 14.9. The van der Waals surface area contributed by atoms with Crippen LogP contribution in [0, 0.1) is 6.92 Å². The maximum absolute atomic E-state index is 12.3. The number of allylic oxidation sites excluding steroid dienone is 1. The number of nitrogens with zero attached hydrogens (tertiary/aromatic N) is 1. The molecule has 6 heteroatoms. The molecule has 1 aliphatic heterocycles. The number of carbonyl (C=O) groups excluding carboxylic acids is 2. The van der Waals surface area contributed by atoms with Gasteiger partial charge in [-0.25, -0.2) is 4.79 Å². The third-order valence-electron chi connectivity index (χ3n) is 3.25. The number of amides is 1. The molecule has 1 aromatic heterocycles. The molecule has 2 heterocycles. The van der Waals surface area contributed by atoms with Crippen LogP contribution in [0.15, 0.2) is 40.5 Å². The molecule has 1 aromatic carbocycles. The van der Waals surface area contributed by atoms with Crippen LogP contribution in [0.4, 0.5) is 4.79 Å². The number of carbonyl (C=O) groups is 2. The summed E-state index contributed by atoms with van der Waals surface area (Å²) in [6.07, 6.45) is 1.04. The van der Waals surface area contributed by atoms with Gasteiger partial charge in [0.25, 0.3) is 0 Å². The Morgan fingerprint density at radius 3 is 2.65 bits per heavy atom. The molecule has 23 heavy (non-hydrogen) atoms. The van der Waals surface area contributed by atoms with Crippen molar-refractivity contribution in [2.45, 2.75) is 6.92 Å². The van der Waals surface area contributed by atoms with Crippen molar-refractivity contribution in [1.82, 2.24) is 4.90 Å². The highest BCUT2D eigenvalue weighted by Crippen LogP contribution is 2.35. The molecule has 0 bridgehead atoms. The summed E-state index contributed by atoms with van der Waals surface area (Å²) in [5.74, 6) is 1.89. The lowest BCUT2D eigenvalue weighted by Crippen LogP contribution is -2.25. The molecule has 0 atom stereocenters. The van der Waals surface area contributed by atoms with Crippen LogP contribution in [0.25, 0.3) is 6.08 Å². The number of aryl methyl sites for hydroxylation is 1. The van der Waals surface area contributed by atoms with Crippen molar-refractivity contribution in [3.8, 4) is 11.5 Å². The van der Waals surface area contributed by atoms with Gasteiger partial charge in [-0.2, -0.15) is 0 Å². The van der Waals surface area contributed by atoms with Crippen molar-refractivity contribution in [3.05, 3.63) is 53.2 Å². The van der Waals surface area contributed by atoms with E-state index < -0.39 is 6.09 Å². The lowest BCUT2D eigenvalue weighted by Gasteiger charge is -2.10. The van der Waals surface area contributed by atoms with Crippen molar-refractivity contribution < 1.29 is 23.5 Å². The van der Waals surface area contributed by atoms with Gasteiger partial charge in [0.2, 0.25) is 5.78 Å². The lowest BCUT2D eigenvalue weighted by atomic mass is 10.1. The summed E-state index contributed by atoms with van der Waals surface area (Å²) < 4.78 is 16.1. The number of hydrogen-bond acceptors (Lipinski definition) is 5. The molecule has 0 aliphatic carbocycles. The van der Waals surface area contributed by atoms with Crippen LogP contribution < -0.4 is 9.47 Å². The second kappa shape index (κ2) is 5.64. The summed E-state index contributed by atoms with van der Waals surface area (Å²) in [7, 11) is 3.17. The van der Waals surface area contributed by atoms with E-state index in [9.17, 15) is 9.59 Å². The quantitative estimate of drug-likeness (QED) is 0.796. The molecule has 0 saturated heterocycles. The summed E-state index contributed by atoms with van der Waals surface area (Å²) in [5, 5.41) is 0. The smallest absolute Gasteiger partial charge is 0.414 e. The minimum Gasteiger partial charge on any atom is -0.462 e. The van der Waals surface area contributed by atoms with E-state index in [-0.39, 0.29) is 11.5 Å². The van der Waals surface area contributed by atoms with Crippen LogP contribution in [0.2, 0.25) is 0 Å². The molecule has 6 nitrogen and oxygen atoms in total. The van der Waals surface area contributed by atoms with Crippen LogP contribution in [-0.4, -0.2) is 30.9 Å². The zero-order valence-corrected chi connectivity index (χ0v) is 13.0. The molecule has 1 amide bonds. The zero-order chi connectivity index (χ0) is 16.6. The highest BCUT2D eigenvalue weighted by molar-refractivity contribution is 6.14. The summed E-state index contributed by atoms with van der Waals surface area (Å²) in [6.45, 7) is 1.82. The topological polar surface area (TPSA) is 69.0 Å². The molecule has 1 aliphatic rings. The average Bonchev–Trinajstić information content (AvgIpc) is 3.03. The number of hydrogen-bond donors (Lipinski definition) is 0. The third kappa shape index (κ3) is 2.96. The molecule has 0 N–H and O–H groups in total. The Balaban J connectivity index is 1.85. The molecular weight excluding hydrogens is 298 g/mol. The van der Waals surface area contributed by atoms with Crippen molar-refractivity contribution in [2.24, 2.45) is 0 Å². The molecular formula is C17H15NO5. The minimum atomic E-state index is -0.504. The normalized spacial score (nSPS) is 14.6. The van der Waals surface area contributed by atoms with Gasteiger partial charge in [-0.3, -0.25) is 4.79 Å². The van der Waals surface area contributed by atoms with Crippen LogP contribution in [0.3, 0.4) is 0 Å². The number of benzene rings is 1. The van der Waals surface area contributed by atoms with Crippen LogP contribution in [0.1, 0.15) is 21.9 Å². The lowest BCUT2D eigenvalue weighted by molar-refractivity contribution is 0.101. The first-order chi connectivity index (χ1) is 10.9. The van der Waals surface area contributed by atoms with E-state index in [1.165, 1.54) is 11.0 Å². The molecule has 2 aromatic rings. The van der Waals surface area contributed by atoms with Gasteiger partial charge in [-0.05, 0) is 31.2 Å².